The van der Waals surface area contributed by atoms with E-state index in [1.807, 2.05) is 30.3 Å². The summed E-state index contributed by atoms with van der Waals surface area (Å²) in [6, 6.07) is 9.39. The fourth-order valence-corrected chi connectivity index (χ4v) is 2.21. The molecule has 0 fully saturated rings. The Bertz CT molecular complexity index is 381. The maximum absolute atomic E-state index is 11.9. The smallest absolute Gasteiger partial charge is 0.222 e. The summed E-state index contributed by atoms with van der Waals surface area (Å²) in [5, 5.41) is 11.7. The summed E-state index contributed by atoms with van der Waals surface area (Å²) in [7, 11) is 0. The van der Waals surface area contributed by atoms with Gasteiger partial charge in [0.1, 0.15) is 6.79 Å². The van der Waals surface area contributed by atoms with Gasteiger partial charge >= 0.3 is 0 Å². The standard InChI is InChI=1S/C17H27NO3/c1-2-3-4-5-6-10-13-16(20)18-17(21-14-19)15-11-8-7-9-12-15/h7-9,11-12,17,19H,2-6,10,13-14H2,1H3,(H,18,20). The van der Waals surface area contributed by atoms with E-state index in [9.17, 15) is 4.79 Å². The van der Waals surface area contributed by atoms with E-state index in [0.717, 1.165) is 18.4 Å². The van der Waals surface area contributed by atoms with Crippen LogP contribution in [0, 0.1) is 0 Å². The summed E-state index contributed by atoms with van der Waals surface area (Å²) in [6.07, 6.45) is 6.85. The summed E-state index contributed by atoms with van der Waals surface area (Å²) in [5.41, 5.74) is 0.836. The molecule has 4 nitrogen and oxygen atoms in total. The van der Waals surface area contributed by atoms with Gasteiger partial charge < -0.3 is 15.2 Å². The van der Waals surface area contributed by atoms with Gasteiger partial charge in [0.05, 0.1) is 0 Å². The van der Waals surface area contributed by atoms with E-state index in [-0.39, 0.29) is 5.91 Å². The number of benzene rings is 1. The van der Waals surface area contributed by atoms with Gasteiger partial charge in [0.25, 0.3) is 0 Å². The number of amides is 1. The van der Waals surface area contributed by atoms with E-state index in [0.29, 0.717) is 6.42 Å². The molecule has 118 valence electrons. The Kier molecular flexibility index (Phi) is 9.49. The molecule has 1 rings (SSSR count). The van der Waals surface area contributed by atoms with Gasteiger partial charge in [-0.2, -0.15) is 0 Å². The Hall–Kier alpha value is -1.39. The number of hydrogen-bond donors (Lipinski definition) is 2. The van der Waals surface area contributed by atoms with Gasteiger partial charge in [-0.15, -0.1) is 0 Å². The Morgan fingerprint density at radius 2 is 1.81 bits per heavy atom. The third-order valence-electron chi connectivity index (χ3n) is 3.39. The van der Waals surface area contributed by atoms with E-state index in [1.54, 1.807) is 0 Å². The van der Waals surface area contributed by atoms with Crippen molar-refractivity contribution in [2.24, 2.45) is 0 Å². The molecule has 0 radical (unpaired) electrons. The lowest BCUT2D eigenvalue weighted by Gasteiger charge is -2.18. The quantitative estimate of drug-likeness (QED) is 0.485. The second-order valence-corrected chi connectivity index (χ2v) is 5.17. The molecule has 21 heavy (non-hydrogen) atoms. The Morgan fingerprint density at radius 3 is 2.48 bits per heavy atom. The molecule has 0 bridgehead atoms. The molecule has 0 saturated heterocycles. The summed E-state index contributed by atoms with van der Waals surface area (Å²) in [5.74, 6) is -0.0344. The molecule has 1 aromatic carbocycles. The van der Waals surface area contributed by atoms with Gasteiger partial charge in [0.2, 0.25) is 5.91 Å². The highest BCUT2D eigenvalue weighted by Crippen LogP contribution is 2.14. The zero-order valence-corrected chi connectivity index (χ0v) is 12.9. The van der Waals surface area contributed by atoms with Crippen LogP contribution in [0.1, 0.15) is 63.7 Å². The largest absolute Gasteiger partial charge is 0.371 e. The van der Waals surface area contributed by atoms with E-state index >= 15 is 0 Å². The molecule has 0 spiro atoms. The number of carbonyl (C=O) groups is 1. The predicted molar refractivity (Wildman–Crippen MR) is 83.5 cm³/mol. The topological polar surface area (TPSA) is 58.6 Å². The minimum Gasteiger partial charge on any atom is -0.371 e. The first-order valence-electron chi connectivity index (χ1n) is 7.84. The number of ether oxygens (including phenoxy) is 1. The number of nitrogens with one attached hydrogen (secondary N) is 1. The van der Waals surface area contributed by atoms with Crippen LogP contribution in [0.2, 0.25) is 0 Å². The zero-order valence-electron chi connectivity index (χ0n) is 12.9. The highest BCUT2D eigenvalue weighted by atomic mass is 16.6. The first-order chi connectivity index (χ1) is 10.3. The molecule has 0 saturated carbocycles. The van der Waals surface area contributed by atoms with Crippen LogP contribution in [0.5, 0.6) is 0 Å². The second-order valence-electron chi connectivity index (χ2n) is 5.17. The van der Waals surface area contributed by atoms with Crippen molar-refractivity contribution in [1.82, 2.24) is 5.32 Å². The first-order valence-corrected chi connectivity index (χ1v) is 7.84. The summed E-state index contributed by atoms with van der Waals surface area (Å²) < 4.78 is 5.18. The molecule has 0 aliphatic carbocycles. The molecule has 1 atom stereocenters. The number of carbonyl (C=O) groups excluding carboxylic acids is 1. The van der Waals surface area contributed by atoms with Gasteiger partial charge in [-0.25, -0.2) is 0 Å². The lowest BCUT2D eigenvalue weighted by Crippen LogP contribution is -2.30. The third kappa shape index (κ3) is 7.83. The normalized spacial score (nSPS) is 12.1. The van der Waals surface area contributed by atoms with E-state index in [1.165, 1.54) is 25.7 Å². The van der Waals surface area contributed by atoms with Crippen LogP contribution in [0.4, 0.5) is 0 Å². The SMILES string of the molecule is CCCCCCCCC(=O)NC(OCO)c1ccccc1. The second kappa shape index (κ2) is 11.3. The Morgan fingerprint density at radius 1 is 1.14 bits per heavy atom. The molecule has 4 heteroatoms. The van der Waals surface area contributed by atoms with Crippen molar-refractivity contribution in [2.75, 3.05) is 6.79 Å². The molecule has 1 amide bonds. The van der Waals surface area contributed by atoms with Crippen LogP contribution in [0.3, 0.4) is 0 Å². The molecule has 0 aliphatic rings. The van der Waals surface area contributed by atoms with Crippen LogP contribution in [0.25, 0.3) is 0 Å². The number of aliphatic hydroxyl groups excluding tert-OH is 1. The number of aliphatic hydroxyl groups is 1. The van der Waals surface area contributed by atoms with Crippen LogP contribution in [0.15, 0.2) is 30.3 Å². The number of rotatable bonds is 11. The molecular weight excluding hydrogens is 266 g/mol. The lowest BCUT2D eigenvalue weighted by molar-refractivity contribution is -0.129. The summed E-state index contributed by atoms with van der Waals surface area (Å²) in [4.78, 5) is 11.9. The van der Waals surface area contributed by atoms with Crippen LogP contribution < -0.4 is 5.32 Å². The van der Waals surface area contributed by atoms with Crippen LogP contribution in [-0.2, 0) is 9.53 Å². The molecule has 1 aromatic rings. The van der Waals surface area contributed by atoms with E-state index < -0.39 is 13.0 Å². The van der Waals surface area contributed by atoms with Crippen molar-refractivity contribution in [3.63, 3.8) is 0 Å². The monoisotopic (exact) mass is 293 g/mol. The molecule has 0 heterocycles. The first kappa shape index (κ1) is 17.7. The summed E-state index contributed by atoms with van der Waals surface area (Å²) >= 11 is 0. The highest BCUT2D eigenvalue weighted by molar-refractivity contribution is 5.76. The molecule has 2 N–H and O–H groups in total. The van der Waals surface area contributed by atoms with Gasteiger partial charge in [-0.1, -0.05) is 69.4 Å². The molecule has 0 aliphatic heterocycles. The number of unbranched alkanes of at least 4 members (excludes halogenated alkanes) is 5. The van der Waals surface area contributed by atoms with Gasteiger partial charge in [-0.05, 0) is 6.42 Å². The van der Waals surface area contributed by atoms with E-state index in [4.69, 9.17) is 9.84 Å². The minimum atomic E-state index is -0.580. The Labute approximate surface area is 127 Å². The zero-order chi connectivity index (χ0) is 15.3. The van der Waals surface area contributed by atoms with Crippen LogP contribution >= 0.6 is 0 Å². The van der Waals surface area contributed by atoms with Crippen molar-refractivity contribution >= 4 is 5.91 Å². The minimum absolute atomic E-state index is 0.0344. The molecule has 0 aromatic heterocycles. The number of hydrogen-bond acceptors (Lipinski definition) is 3. The van der Waals surface area contributed by atoms with Gasteiger partial charge in [0.15, 0.2) is 6.23 Å². The molecular formula is C17H27NO3. The Balaban J connectivity index is 2.29. The predicted octanol–water partition coefficient (Wildman–Crippen LogP) is 3.52. The maximum Gasteiger partial charge on any atom is 0.222 e. The van der Waals surface area contributed by atoms with Crippen molar-refractivity contribution in [1.29, 1.82) is 0 Å². The van der Waals surface area contributed by atoms with Crippen molar-refractivity contribution in [3.05, 3.63) is 35.9 Å². The fraction of sp³-hybridized carbons (Fsp3) is 0.588. The van der Waals surface area contributed by atoms with Crippen molar-refractivity contribution < 1.29 is 14.6 Å². The maximum atomic E-state index is 11.9. The highest BCUT2D eigenvalue weighted by Gasteiger charge is 2.14. The average Bonchev–Trinajstić information content (AvgIpc) is 2.51. The van der Waals surface area contributed by atoms with Crippen molar-refractivity contribution in [3.8, 4) is 0 Å². The van der Waals surface area contributed by atoms with Gasteiger partial charge in [0, 0.05) is 12.0 Å². The van der Waals surface area contributed by atoms with Gasteiger partial charge in [-0.3, -0.25) is 4.79 Å². The fourth-order valence-electron chi connectivity index (χ4n) is 2.21. The van der Waals surface area contributed by atoms with E-state index in [2.05, 4.69) is 12.2 Å². The van der Waals surface area contributed by atoms with Crippen molar-refractivity contribution in [2.45, 2.75) is 58.1 Å². The average molecular weight is 293 g/mol. The summed E-state index contributed by atoms with van der Waals surface area (Å²) in [6.45, 7) is 1.77. The molecule has 1 unspecified atom stereocenters. The lowest BCUT2D eigenvalue weighted by atomic mass is 10.1. The van der Waals surface area contributed by atoms with Crippen LogP contribution in [-0.4, -0.2) is 17.8 Å². The third-order valence-corrected chi connectivity index (χ3v) is 3.39.